The van der Waals surface area contributed by atoms with Gasteiger partial charge in [0.2, 0.25) is 0 Å². The Morgan fingerprint density at radius 2 is 0.476 bits per heavy atom. The van der Waals surface area contributed by atoms with Gasteiger partial charge in [-0.1, -0.05) is 296 Å². The average molecular weight is 1140 g/mol. The van der Waals surface area contributed by atoms with Crippen molar-refractivity contribution >= 4 is 17.9 Å². The smallest absolute Gasteiger partial charge is 0.306 e. The van der Waals surface area contributed by atoms with Crippen molar-refractivity contribution in [3.05, 3.63) is 122 Å². The molecule has 0 rings (SSSR count). The lowest BCUT2D eigenvalue weighted by atomic mass is 10.0. The zero-order valence-corrected chi connectivity index (χ0v) is 53.7. The first-order chi connectivity index (χ1) is 40.5. The van der Waals surface area contributed by atoms with Crippen molar-refractivity contribution in [2.45, 2.75) is 329 Å². The maximum absolute atomic E-state index is 13.0. The van der Waals surface area contributed by atoms with Crippen LogP contribution in [0.3, 0.4) is 0 Å². The number of hydrogen-bond acceptors (Lipinski definition) is 6. The second kappa shape index (κ2) is 69.3. The van der Waals surface area contributed by atoms with E-state index in [9.17, 15) is 14.4 Å². The third-order valence-corrected chi connectivity index (χ3v) is 14.7. The van der Waals surface area contributed by atoms with Crippen LogP contribution in [0.1, 0.15) is 323 Å². The predicted molar refractivity (Wildman–Crippen MR) is 357 cm³/mol. The van der Waals surface area contributed by atoms with Crippen LogP contribution in [0.25, 0.3) is 0 Å². The summed E-state index contributed by atoms with van der Waals surface area (Å²) in [5.41, 5.74) is 0. The number of unbranched alkanes of at least 4 members (excludes halogenated alkanes) is 31. The van der Waals surface area contributed by atoms with E-state index in [1.807, 2.05) is 0 Å². The van der Waals surface area contributed by atoms with Crippen molar-refractivity contribution in [1.82, 2.24) is 0 Å². The summed E-state index contributed by atoms with van der Waals surface area (Å²) in [6.07, 6.45) is 96.4. The molecule has 0 saturated carbocycles. The van der Waals surface area contributed by atoms with Crippen molar-refractivity contribution in [1.29, 1.82) is 0 Å². The number of esters is 3. The van der Waals surface area contributed by atoms with Crippen LogP contribution in [-0.4, -0.2) is 37.2 Å². The summed E-state index contributed by atoms with van der Waals surface area (Å²) in [5, 5.41) is 0. The quantitative estimate of drug-likeness (QED) is 0.0261. The third-order valence-electron chi connectivity index (χ3n) is 14.7. The molecule has 1 unspecified atom stereocenters. The highest BCUT2D eigenvalue weighted by atomic mass is 16.6. The zero-order valence-electron chi connectivity index (χ0n) is 53.7. The van der Waals surface area contributed by atoms with E-state index in [0.717, 1.165) is 128 Å². The molecule has 0 radical (unpaired) electrons. The summed E-state index contributed by atoms with van der Waals surface area (Å²) in [6, 6.07) is 0. The Morgan fingerprint density at radius 3 is 0.756 bits per heavy atom. The lowest BCUT2D eigenvalue weighted by molar-refractivity contribution is -0.167. The Labute approximate surface area is 507 Å². The van der Waals surface area contributed by atoms with Crippen LogP contribution in [0.4, 0.5) is 0 Å². The molecule has 0 aromatic carbocycles. The van der Waals surface area contributed by atoms with Gasteiger partial charge in [0.1, 0.15) is 13.2 Å². The van der Waals surface area contributed by atoms with E-state index >= 15 is 0 Å². The second-order valence-corrected chi connectivity index (χ2v) is 22.7. The van der Waals surface area contributed by atoms with Gasteiger partial charge in [-0.25, -0.2) is 0 Å². The standard InChI is InChI=1S/C76H128O6/c1-4-7-10-13-16-19-22-25-28-30-32-34-36-38-40-42-44-46-48-51-54-57-60-63-66-69-75(78)81-72-73(71-80-74(77)68-65-62-59-56-53-50-27-24-21-18-15-12-9-6-3)82-76(79)70-67-64-61-58-55-52-49-47-45-43-41-39-37-35-33-31-29-26-23-20-17-14-11-8-5-2/h7-8,10-11,16-17,19-20,24-29,32-35,38,40,73H,4-6,9,12-15,18,21-23,30-31,36-37,39,41-72H2,1-3H3/b10-7-,11-8-,19-16-,20-17-,27-24-,28-25-,29-26-,34-32-,35-33-,40-38-. The minimum absolute atomic E-state index is 0.0851. The number of allylic oxidation sites excluding steroid dienone is 20. The number of ether oxygens (including phenoxy) is 3. The highest BCUT2D eigenvalue weighted by molar-refractivity contribution is 5.71. The molecule has 0 aliphatic heterocycles. The van der Waals surface area contributed by atoms with Crippen molar-refractivity contribution in [3.63, 3.8) is 0 Å². The molecule has 0 aromatic rings. The van der Waals surface area contributed by atoms with Gasteiger partial charge in [0.05, 0.1) is 0 Å². The monoisotopic (exact) mass is 1140 g/mol. The number of rotatable bonds is 62. The lowest BCUT2D eigenvalue weighted by Crippen LogP contribution is -2.30. The van der Waals surface area contributed by atoms with Crippen LogP contribution in [0, 0.1) is 0 Å². The third kappa shape index (κ3) is 66.6. The van der Waals surface area contributed by atoms with Crippen LogP contribution in [-0.2, 0) is 28.6 Å². The van der Waals surface area contributed by atoms with Crippen LogP contribution in [0.2, 0.25) is 0 Å². The van der Waals surface area contributed by atoms with E-state index in [-0.39, 0.29) is 31.1 Å². The molecule has 468 valence electrons. The minimum atomic E-state index is -0.789. The molecule has 0 bridgehead atoms. The highest BCUT2D eigenvalue weighted by Gasteiger charge is 2.19. The number of carbonyl (C=O) groups excluding carboxylic acids is 3. The molecule has 0 heterocycles. The Hall–Kier alpha value is -4.19. The summed E-state index contributed by atoms with van der Waals surface area (Å²) >= 11 is 0. The molecule has 0 saturated heterocycles. The Kier molecular flexibility index (Phi) is 65.8. The van der Waals surface area contributed by atoms with E-state index in [4.69, 9.17) is 14.2 Å². The molecule has 0 aliphatic carbocycles. The summed E-state index contributed by atoms with van der Waals surface area (Å²) < 4.78 is 17.0. The molecule has 0 N–H and O–H groups in total. The van der Waals surface area contributed by atoms with Crippen molar-refractivity contribution in [3.8, 4) is 0 Å². The summed E-state index contributed by atoms with van der Waals surface area (Å²) in [5.74, 6) is -0.891. The zero-order chi connectivity index (χ0) is 59.2. The Morgan fingerprint density at radius 1 is 0.256 bits per heavy atom. The van der Waals surface area contributed by atoms with Crippen LogP contribution in [0.15, 0.2) is 122 Å². The van der Waals surface area contributed by atoms with Crippen LogP contribution < -0.4 is 0 Å². The maximum atomic E-state index is 13.0. The van der Waals surface area contributed by atoms with Crippen molar-refractivity contribution < 1.29 is 28.6 Å². The molecule has 6 nitrogen and oxygen atoms in total. The average Bonchev–Trinajstić information content (AvgIpc) is 3.47. The molecule has 0 fully saturated rings. The molecular formula is C76H128O6. The fourth-order valence-electron chi connectivity index (χ4n) is 9.57. The summed E-state index contributed by atoms with van der Waals surface area (Å²) in [4.78, 5) is 38.4. The second-order valence-electron chi connectivity index (χ2n) is 22.7. The fraction of sp³-hybridized carbons (Fsp3) is 0.697. The first kappa shape index (κ1) is 77.8. The number of hydrogen-bond donors (Lipinski definition) is 0. The lowest BCUT2D eigenvalue weighted by Gasteiger charge is -2.18. The maximum Gasteiger partial charge on any atom is 0.306 e. The first-order valence-electron chi connectivity index (χ1n) is 34.5. The highest BCUT2D eigenvalue weighted by Crippen LogP contribution is 2.16. The van der Waals surface area contributed by atoms with Crippen LogP contribution in [0.5, 0.6) is 0 Å². The fourth-order valence-corrected chi connectivity index (χ4v) is 9.57. The molecule has 0 amide bonds. The molecular weight excluding hydrogens is 1010 g/mol. The SMILES string of the molecule is CC/C=C\C/C=C\C/C=C\C/C=C\C/C=C\CCCCCCCCCCCC(=O)OCC(COC(=O)CCCCCCC/C=C\CCCCCCC)OC(=O)CCCCCCCCCCCCCC/C=C\C/C=C\C/C=C\C/C=C\CC. The van der Waals surface area contributed by atoms with Gasteiger partial charge in [-0.2, -0.15) is 0 Å². The normalized spacial score (nSPS) is 12.9. The molecule has 0 aliphatic rings. The van der Waals surface area contributed by atoms with Gasteiger partial charge in [-0.15, -0.1) is 0 Å². The largest absolute Gasteiger partial charge is 0.462 e. The molecule has 1 atom stereocenters. The van der Waals surface area contributed by atoms with E-state index in [1.165, 1.54) is 154 Å². The van der Waals surface area contributed by atoms with E-state index < -0.39 is 6.10 Å². The van der Waals surface area contributed by atoms with Crippen molar-refractivity contribution in [2.24, 2.45) is 0 Å². The van der Waals surface area contributed by atoms with E-state index in [1.54, 1.807) is 0 Å². The van der Waals surface area contributed by atoms with E-state index in [2.05, 4.69) is 142 Å². The van der Waals surface area contributed by atoms with E-state index in [0.29, 0.717) is 19.3 Å². The van der Waals surface area contributed by atoms with Crippen LogP contribution >= 0.6 is 0 Å². The first-order valence-corrected chi connectivity index (χ1v) is 34.5. The minimum Gasteiger partial charge on any atom is -0.462 e. The molecule has 82 heavy (non-hydrogen) atoms. The van der Waals surface area contributed by atoms with Crippen molar-refractivity contribution in [2.75, 3.05) is 13.2 Å². The van der Waals surface area contributed by atoms with Gasteiger partial charge in [-0.3, -0.25) is 14.4 Å². The van der Waals surface area contributed by atoms with Gasteiger partial charge in [0.25, 0.3) is 0 Å². The molecule has 0 spiro atoms. The van der Waals surface area contributed by atoms with Gasteiger partial charge in [0.15, 0.2) is 6.10 Å². The number of carbonyl (C=O) groups is 3. The predicted octanol–water partition coefficient (Wildman–Crippen LogP) is 23.9. The Bertz CT molecular complexity index is 1690. The molecule has 0 aromatic heterocycles. The van der Waals surface area contributed by atoms with Gasteiger partial charge < -0.3 is 14.2 Å². The van der Waals surface area contributed by atoms with Gasteiger partial charge in [0, 0.05) is 19.3 Å². The summed E-state index contributed by atoms with van der Waals surface area (Å²) in [7, 11) is 0. The molecule has 6 heteroatoms. The summed E-state index contributed by atoms with van der Waals surface area (Å²) in [6.45, 7) is 6.42. The van der Waals surface area contributed by atoms with Gasteiger partial charge in [-0.05, 0) is 128 Å². The topological polar surface area (TPSA) is 78.9 Å². The Balaban J connectivity index is 4.35. The van der Waals surface area contributed by atoms with Gasteiger partial charge >= 0.3 is 17.9 Å².